The largest absolute Gasteiger partial charge is 0.371 e. The van der Waals surface area contributed by atoms with Crippen LogP contribution in [-0.4, -0.2) is 74.2 Å². The summed E-state index contributed by atoms with van der Waals surface area (Å²) in [5.41, 5.74) is 2.28. The fourth-order valence-corrected chi connectivity index (χ4v) is 5.29. The summed E-state index contributed by atoms with van der Waals surface area (Å²) in [6, 6.07) is 6.67. The summed E-state index contributed by atoms with van der Waals surface area (Å²) in [5.74, 6) is 0. The molecular weight excluding hydrogens is 372 g/mol. The van der Waals surface area contributed by atoms with Crippen LogP contribution in [0, 0.1) is 0 Å². The minimum absolute atomic E-state index is 0.536. The van der Waals surface area contributed by atoms with Gasteiger partial charge in [-0.3, -0.25) is 4.90 Å². The van der Waals surface area contributed by atoms with E-state index in [2.05, 4.69) is 26.9 Å². The van der Waals surface area contributed by atoms with Crippen molar-refractivity contribution in [3.63, 3.8) is 0 Å². The van der Waals surface area contributed by atoms with Crippen molar-refractivity contribution in [3.8, 4) is 0 Å². The Morgan fingerprint density at radius 3 is 2.42 bits per heavy atom. The van der Waals surface area contributed by atoms with E-state index in [4.69, 9.17) is 11.6 Å². The number of H-pyrrole nitrogens is 1. The molecule has 2 aromatic rings. The summed E-state index contributed by atoms with van der Waals surface area (Å²) < 4.78 is 24.9. The van der Waals surface area contributed by atoms with E-state index in [1.54, 1.807) is 4.31 Å². The maximum atomic E-state index is 11.7. The van der Waals surface area contributed by atoms with Gasteiger partial charge in [0.15, 0.2) is 0 Å². The number of hydrogen-bond acceptors (Lipinski definition) is 4. The zero-order valence-electron chi connectivity index (χ0n) is 15.0. The second kappa shape index (κ2) is 7.03. The number of sulfonamides is 1. The number of aromatic amines is 1. The van der Waals surface area contributed by atoms with Gasteiger partial charge < -0.3 is 9.88 Å². The number of anilines is 1. The van der Waals surface area contributed by atoms with Crippen molar-refractivity contribution in [1.82, 2.24) is 14.2 Å². The Bertz CT molecular complexity index is 882. The molecule has 2 aliphatic heterocycles. The third kappa shape index (κ3) is 3.58. The molecule has 4 rings (SSSR count). The number of rotatable bonds is 3. The van der Waals surface area contributed by atoms with Crippen LogP contribution in [0.15, 0.2) is 24.4 Å². The van der Waals surface area contributed by atoms with Crippen LogP contribution in [0.4, 0.5) is 5.69 Å². The first kappa shape index (κ1) is 18.1. The molecule has 3 heterocycles. The number of nitrogens with zero attached hydrogens (tertiary/aromatic N) is 3. The molecule has 1 aromatic heterocycles. The third-order valence-corrected chi connectivity index (χ3v) is 7.20. The first-order chi connectivity index (χ1) is 12.4. The van der Waals surface area contributed by atoms with E-state index in [1.807, 2.05) is 12.3 Å². The Labute approximate surface area is 159 Å². The summed E-state index contributed by atoms with van der Waals surface area (Å²) in [5, 5.41) is 1.98. The highest BCUT2D eigenvalue weighted by molar-refractivity contribution is 7.88. The second-order valence-electron chi connectivity index (χ2n) is 7.28. The average molecular weight is 397 g/mol. The zero-order chi connectivity index (χ0) is 18.3. The molecule has 0 amide bonds. The van der Waals surface area contributed by atoms with Crippen LogP contribution in [0.1, 0.15) is 12.8 Å². The van der Waals surface area contributed by atoms with Gasteiger partial charge in [0, 0.05) is 73.1 Å². The summed E-state index contributed by atoms with van der Waals surface area (Å²) >= 11 is 6.29. The van der Waals surface area contributed by atoms with E-state index in [9.17, 15) is 8.42 Å². The predicted octanol–water partition coefficient (Wildman–Crippen LogP) is 2.37. The molecule has 6 nitrogen and oxygen atoms in total. The van der Waals surface area contributed by atoms with Gasteiger partial charge in [-0.25, -0.2) is 8.42 Å². The number of piperazine rings is 1. The van der Waals surface area contributed by atoms with E-state index < -0.39 is 10.0 Å². The van der Waals surface area contributed by atoms with E-state index in [0.717, 1.165) is 49.6 Å². The Morgan fingerprint density at radius 2 is 1.77 bits per heavy atom. The molecule has 142 valence electrons. The molecule has 1 N–H and O–H groups in total. The average Bonchev–Trinajstić information content (AvgIpc) is 3.09. The van der Waals surface area contributed by atoms with Crippen molar-refractivity contribution >= 4 is 38.2 Å². The molecule has 0 saturated carbocycles. The standard InChI is InChI=1S/C18H25ClN4O2S/c1-26(24,25)23-10-8-21(9-11-23)15-3-6-22(7-4-15)18-13-14(19)12-17-16(18)2-5-20-17/h2,5,12-13,15,20H,3-4,6-11H2,1H3. The normalized spacial score (nSPS) is 21.5. The molecule has 1 aromatic carbocycles. The van der Waals surface area contributed by atoms with Gasteiger partial charge in [0.2, 0.25) is 10.0 Å². The molecule has 0 bridgehead atoms. The minimum Gasteiger partial charge on any atom is -0.371 e. The molecule has 8 heteroatoms. The lowest BCUT2D eigenvalue weighted by atomic mass is 10.0. The maximum Gasteiger partial charge on any atom is 0.211 e. The minimum atomic E-state index is -3.06. The summed E-state index contributed by atoms with van der Waals surface area (Å²) in [7, 11) is -3.06. The van der Waals surface area contributed by atoms with Crippen molar-refractivity contribution in [2.24, 2.45) is 0 Å². The number of hydrogen-bond donors (Lipinski definition) is 1. The topological polar surface area (TPSA) is 59.7 Å². The molecule has 2 fully saturated rings. The Kier molecular flexibility index (Phi) is 4.90. The van der Waals surface area contributed by atoms with E-state index >= 15 is 0 Å². The fourth-order valence-electron chi connectivity index (χ4n) is 4.25. The van der Waals surface area contributed by atoms with Crippen molar-refractivity contribution < 1.29 is 8.42 Å². The molecule has 0 aliphatic carbocycles. The molecule has 2 saturated heterocycles. The molecule has 0 spiro atoms. The van der Waals surface area contributed by atoms with E-state index in [1.165, 1.54) is 17.3 Å². The van der Waals surface area contributed by atoms with Crippen LogP contribution in [0.25, 0.3) is 10.9 Å². The van der Waals surface area contributed by atoms with Crippen LogP contribution in [0.2, 0.25) is 5.02 Å². The predicted molar refractivity (Wildman–Crippen MR) is 107 cm³/mol. The lowest BCUT2D eigenvalue weighted by molar-refractivity contribution is 0.120. The second-order valence-corrected chi connectivity index (χ2v) is 9.70. The van der Waals surface area contributed by atoms with Gasteiger partial charge in [-0.15, -0.1) is 0 Å². The first-order valence-corrected chi connectivity index (χ1v) is 11.4. The van der Waals surface area contributed by atoms with Crippen LogP contribution >= 0.6 is 11.6 Å². The number of aromatic nitrogens is 1. The smallest absolute Gasteiger partial charge is 0.211 e. The van der Waals surface area contributed by atoms with Crippen LogP contribution in [-0.2, 0) is 10.0 Å². The Hall–Kier alpha value is -1.28. The summed E-state index contributed by atoms with van der Waals surface area (Å²) in [6.07, 6.45) is 5.45. The SMILES string of the molecule is CS(=O)(=O)N1CCN(C2CCN(c3cc(Cl)cc4[nH]ccc34)CC2)CC1. The van der Waals surface area contributed by atoms with Crippen LogP contribution < -0.4 is 4.90 Å². The third-order valence-electron chi connectivity index (χ3n) is 5.68. The molecule has 0 unspecified atom stereocenters. The highest BCUT2D eigenvalue weighted by atomic mass is 35.5. The number of halogens is 1. The van der Waals surface area contributed by atoms with Crippen molar-refractivity contribution in [3.05, 3.63) is 29.4 Å². The zero-order valence-corrected chi connectivity index (χ0v) is 16.6. The number of fused-ring (bicyclic) bond motifs is 1. The van der Waals surface area contributed by atoms with Gasteiger partial charge in [0.05, 0.1) is 6.26 Å². The number of nitrogens with one attached hydrogen (secondary N) is 1. The van der Waals surface area contributed by atoms with Gasteiger partial charge in [-0.05, 0) is 31.0 Å². The van der Waals surface area contributed by atoms with Crippen LogP contribution in [0.5, 0.6) is 0 Å². The van der Waals surface area contributed by atoms with Gasteiger partial charge in [0.25, 0.3) is 0 Å². The Balaban J connectivity index is 1.39. The Morgan fingerprint density at radius 1 is 1.08 bits per heavy atom. The van der Waals surface area contributed by atoms with Crippen LogP contribution in [0.3, 0.4) is 0 Å². The molecule has 26 heavy (non-hydrogen) atoms. The van der Waals surface area contributed by atoms with Crippen molar-refractivity contribution in [1.29, 1.82) is 0 Å². The molecule has 0 atom stereocenters. The quantitative estimate of drug-likeness (QED) is 0.865. The molecule has 2 aliphatic rings. The van der Waals surface area contributed by atoms with Crippen molar-refractivity contribution in [2.75, 3.05) is 50.4 Å². The van der Waals surface area contributed by atoms with Gasteiger partial charge in [-0.2, -0.15) is 4.31 Å². The molecular formula is C18H25ClN4O2S. The van der Waals surface area contributed by atoms with Gasteiger partial charge in [-0.1, -0.05) is 11.6 Å². The molecule has 0 radical (unpaired) electrons. The fraction of sp³-hybridized carbons (Fsp3) is 0.556. The monoisotopic (exact) mass is 396 g/mol. The lowest BCUT2D eigenvalue weighted by Gasteiger charge is -2.42. The summed E-state index contributed by atoms with van der Waals surface area (Å²) in [6.45, 7) is 4.87. The number of piperidine rings is 1. The van der Waals surface area contributed by atoms with Gasteiger partial charge in [0.1, 0.15) is 0 Å². The highest BCUT2D eigenvalue weighted by Gasteiger charge is 2.30. The van der Waals surface area contributed by atoms with Gasteiger partial charge >= 0.3 is 0 Å². The maximum absolute atomic E-state index is 11.7. The first-order valence-electron chi connectivity index (χ1n) is 9.12. The van der Waals surface area contributed by atoms with Crippen molar-refractivity contribution in [2.45, 2.75) is 18.9 Å². The number of benzene rings is 1. The highest BCUT2D eigenvalue weighted by Crippen LogP contribution is 2.32. The van der Waals surface area contributed by atoms with E-state index in [-0.39, 0.29) is 0 Å². The van der Waals surface area contributed by atoms with E-state index in [0.29, 0.717) is 19.1 Å². The summed E-state index contributed by atoms with van der Waals surface area (Å²) in [4.78, 5) is 8.13. The lowest BCUT2D eigenvalue weighted by Crippen LogP contribution is -2.54.